The van der Waals surface area contributed by atoms with E-state index in [0.717, 1.165) is 25.8 Å². The standard InChI is InChI=1S/C11H14N4O/c12-7-9-4-5-13-14-11(9)15-6-2-1-3-10(15)8-16/h4-5,10,16H,1-3,6,8H2. The van der Waals surface area contributed by atoms with Gasteiger partial charge in [-0.2, -0.15) is 10.4 Å². The van der Waals surface area contributed by atoms with Gasteiger partial charge in [-0.25, -0.2) is 0 Å². The normalized spacial score (nSPS) is 20.5. The Morgan fingerprint density at radius 1 is 1.56 bits per heavy atom. The van der Waals surface area contributed by atoms with Gasteiger partial charge in [-0.05, 0) is 25.3 Å². The number of rotatable bonds is 2. The number of hydrogen-bond donors (Lipinski definition) is 1. The molecule has 84 valence electrons. The second kappa shape index (κ2) is 4.90. The van der Waals surface area contributed by atoms with Crippen molar-refractivity contribution in [3.05, 3.63) is 17.8 Å². The van der Waals surface area contributed by atoms with Gasteiger partial charge in [-0.1, -0.05) is 0 Å². The van der Waals surface area contributed by atoms with Crippen LogP contribution in [0.25, 0.3) is 0 Å². The summed E-state index contributed by atoms with van der Waals surface area (Å²) in [4.78, 5) is 2.00. The van der Waals surface area contributed by atoms with Crippen molar-refractivity contribution in [2.75, 3.05) is 18.1 Å². The van der Waals surface area contributed by atoms with E-state index in [0.29, 0.717) is 11.4 Å². The zero-order valence-electron chi connectivity index (χ0n) is 9.00. The topological polar surface area (TPSA) is 73.0 Å². The van der Waals surface area contributed by atoms with Crippen LogP contribution in [0.5, 0.6) is 0 Å². The monoisotopic (exact) mass is 218 g/mol. The van der Waals surface area contributed by atoms with E-state index in [1.807, 2.05) is 4.90 Å². The Kier molecular flexibility index (Phi) is 3.32. The van der Waals surface area contributed by atoms with Crippen LogP contribution in [0, 0.1) is 11.3 Å². The third kappa shape index (κ3) is 1.97. The first-order valence-corrected chi connectivity index (χ1v) is 5.46. The first kappa shape index (κ1) is 10.8. The fourth-order valence-corrected chi connectivity index (χ4v) is 2.09. The highest BCUT2D eigenvalue weighted by Crippen LogP contribution is 2.24. The molecule has 2 rings (SSSR count). The molecule has 0 amide bonds. The van der Waals surface area contributed by atoms with Gasteiger partial charge in [0.25, 0.3) is 0 Å². The van der Waals surface area contributed by atoms with Gasteiger partial charge in [-0.15, -0.1) is 5.10 Å². The predicted octanol–water partition coefficient (Wildman–Crippen LogP) is 0.699. The molecule has 0 radical (unpaired) electrons. The molecule has 1 aromatic rings. The van der Waals surface area contributed by atoms with Crippen molar-refractivity contribution in [2.24, 2.45) is 0 Å². The fraction of sp³-hybridized carbons (Fsp3) is 0.545. The second-order valence-electron chi connectivity index (χ2n) is 3.91. The van der Waals surface area contributed by atoms with E-state index in [9.17, 15) is 5.11 Å². The van der Waals surface area contributed by atoms with E-state index < -0.39 is 0 Å². The van der Waals surface area contributed by atoms with Crippen LogP contribution in [-0.4, -0.2) is 34.5 Å². The van der Waals surface area contributed by atoms with E-state index in [4.69, 9.17) is 5.26 Å². The number of hydrogen-bond acceptors (Lipinski definition) is 5. The SMILES string of the molecule is N#Cc1ccnnc1N1CCCCC1CO. The van der Waals surface area contributed by atoms with E-state index in [-0.39, 0.29) is 12.6 Å². The van der Waals surface area contributed by atoms with Crippen molar-refractivity contribution >= 4 is 5.82 Å². The molecule has 1 unspecified atom stereocenters. The highest BCUT2D eigenvalue weighted by molar-refractivity contribution is 5.53. The maximum absolute atomic E-state index is 9.31. The van der Waals surface area contributed by atoms with Gasteiger partial charge in [0, 0.05) is 6.54 Å². The van der Waals surface area contributed by atoms with E-state index in [1.54, 1.807) is 6.07 Å². The molecule has 1 aromatic heterocycles. The lowest BCUT2D eigenvalue weighted by molar-refractivity contribution is 0.239. The number of nitriles is 1. The summed E-state index contributed by atoms with van der Waals surface area (Å²) in [6.07, 6.45) is 4.64. The maximum atomic E-state index is 9.31. The number of nitrogens with zero attached hydrogens (tertiary/aromatic N) is 4. The molecule has 1 aliphatic rings. The summed E-state index contributed by atoms with van der Waals surface area (Å²) in [6.45, 7) is 0.931. The van der Waals surface area contributed by atoms with Crippen LogP contribution >= 0.6 is 0 Å². The van der Waals surface area contributed by atoms with Crippen molar-refractivity contribution in [3.63, 3.8) is 0 Å². The summed E-state index contributed by atoms with van der Waals surface area (Å²) in [7, 11) is 0. The van der Waals surface area contributed by atoms with Gasteiger partial charge in [0.05, 0.1) is 24.4 Å². The molecule has 0 saturated carbocycles. The summed E-state index contributed by atoms with van der Waals surface area (Å²) in [5.74, 6) is 0.601. The zero-order chi connectivity index (χ0) is 11.4. The van der Waals surface area contributed by atoms with Crippen molar-refractivity contribution < 1.29 is 5.11 Å². The fourth-order valence-electron chi connectivity index (χ4n) is 2.09. The Morgan fingerprint density at radius 3 is 3.19 bits per heavy atom. The molecule has 1 saturated heterocycles. The highest BCUT2D eigenvalue weighted by atomic mass is 16.3. The van der Waals surface area contributed by atoms with Crippen LogP contribution in [-0.2, 0) is 0 Å². The third-order valence-electron chi connectivity index (χ3n) is 2.93. The Labute approximate surface area is 94.3 Å². The first-order valence-electron chi connectivity index (χ1n) is 5.46. The molecule has 1 aliphatic heterocycles. The Morgan fingerprint density at radius 2 is 2.44 bits per heavy atom. The van der Waals surface area contributed by atoms with Crippen molar-refractivity contribution in [2.45, 2.75) is 25.3 Å². The average Bonchev–Trinajstić information content (AvgIpc) is 2.38. The number of aliphatic hydroxyl groups excluding tert-OH is 1. The van der Waals surface area contributed by atoms with Crippen LogP contribution in [0.2, 0.25) is 0 Å². The van der Waals surface area contributed by atoms with Gasteiger partial charge < -0.3 is 10.0 Å². The molecule has 0 spiro atoms. The second-order valence-corrected chi connectivity index (χ2v) is 3.91. The lowest BCUT2D eigenvalue weighted by atomic mass is 10.0. The van der Waals surface area contributed by atoms with Crippen molar-refractivity contribution in [1.82, 2.24) is 10.2 Å². The van der Waals surface area contributed by atoms with Crippen molar-refractivity contribution in [3.8, 4) is 6.07 Å². The molecule has 1 fully saturated rings. The van der Waals surface area contributed by atoms with Gasteiger partial charge in [-0.3, -0.25) is 0 Å². The van der Waals surface area contributed by atoms with E-state index in [1.165, 1.54) is 6.20 Å². The van der Waals surface area contributed by atoms with E-state index >= 15 is 0 Å². The summed E-state index contributed by atoms with van der Waals surface area (Å²) in [5.41, 5.74) is 0.523. The number of anilines is 1. The molecule has 1 atom stereocenters. The predicted molar refractivity (Wildman–Crippen MR) is 58.8 cm³/mol. The largest absolute Gasteiger partial charge is 0.394 e. The quantitative estimate of drug-likeness (QED) is 0.791. The molecule has 2 heterocycles. The minimum atomic E-state index is 0.0672. The molecule has 16 heavy (non-hydrogen) atoms. The summed E-state index contributed by atoms with van der Waals surface area (Å²) >= 11 is 0. The first-order chi connectivity index (χ1) is 7.86. The number of piperidine rings is 1. The van der Waals surface area contributed by atoms with Crippen LogP contribution < -0.4 is 4.90 Å². The minimum Gasteiger partial charge on any atom is -0.394 e. The molecule has 5 nitrogen and oxygen atoms in total. The minimum absolute atomic E-state index is 0.0672. The molecule has 0 aliphatic carbocycles. The summed E-state index contributed by atoms with van der Waals surface area (Å²) < 4.78 is 0. The maximum Gasteiger partial charge on any atom is 0.169 e. The Bertz CT molecular complexity index is 401. The third-order valence-corrected chi connectivity index (χ3v) is 2.93. The molecule has 0 aromatic carbocycles. The highest BCUT2D eigenvalue weighted by Gasteiger charge is 2.24. The van der Waals surface area contributed by atoms with Gasteiger partial charge in [0.15, 0.2) is 5.82 Å². The Hall–Kier alpha value is -1.67. The van der Waals surface area contributed by atoms with Crippen molar-refractivity contribution in [1.29, 1.82) is 5.26 Å². The lowest BCUT2D eigenvalue weighted by Crippen LogP contribution is -2.42. The van der Waals surface area contributed by atoms with Crippen LogP contribution in [0.4, 0.5) is 5.82 Å². The van der Waals surface area contributed by atoms with Gasteiger partial charge in [0.2, 0.25) is 0 Å². The van der Waals surface area contributed by atoms with Crippen LogP contribution in [0.1, 0.15) is 24.8 Å². The van der Waals surface area contributed by atoms with Crippen LogP contribution in [0.15, 0.2) is 12.3 Å². The lowest BCUT2D eigenvalue weighted by Gasteiger charge is -2.35. The molecule has 5 heteroatoms. The van der Waals surface area contributed by atoms with Gasteiger partial charge in [0.1, 0.15) is 6.07 Å². The number of aromatic nitrogens is 2. The van der Waals surface area contributed by atoms with Gasteiger partial charge >= 0.3 is 0 Å². The summed E-state index contributed by atoms with van der Waals surface area (Å²) in [5, 5.41) is 26.1. The molecular formula is C11H14N4O. The summed E-state index contributed by atoms with van der Waals surface area (Å²) in [6, 6.07) is 3.84. The average molecular weight is 218 g/mol. The smallest absolute Gasteiger partial charge is 0.169 e. The van der Waals surface area contributed by atoms with Crippen LogP contribution in [0.3, 0.4) is 0 Å². The zero-order valence-corrected chi connectivity index (χ0v) is 9.00. The Balaban J connectivity index is 2.31. The van der Waals surface area contributed by atoms with E-state index in [2.05, 4.69) is 16.3 Å². The molecule has 0 bridgehead atoms. The number of aliphatic hydroxyl groups is 1. The molecular weight excluding hydrogens is 204 g/mol. The molecule has 1 N–H and O–H groups in total.